The first-order chi connectivity index (χ1) is 11.2. The molecule has 130 valence electrons. The molecule has 0 N–H and O–H groups in total. The predicted octanol–water partition coefficient (Wildman–Crippen LogP) is 5.84. The highest BCUT2D eigenvalue weighted by Crippen LogP contribution is 2.61. The summed E-state index contributed by atoms with van der Waals surface area (Å²) >= 11 is 0. The van der Waals surface area contributed by atoms with Crippen molar-refractivity contribution < 1.29 is 13.6 Å². The molecular weight excluding hydrogens is 309 g/mol. The number of unbranched alkanes of at least 4 members (excludes halogenated alkanes) is 4. The van der Waals surface area contributed by atoms with E-state index in [9.17, 15) is 4.57 Å². The van der Waals surface area contributed by atoms with E-state index in [0.29, 0.717) is 19.8 Å². The molecule has 0 saturated carbocycles. The van der Waals surface area contributed by atoms with Crippen molar-refractivity contribution >= 4 is 13.2 Å². The normalized spacial score (nSPS) is 14.6. The van der Waals surface area contributed by atoms with Gasteiger partial charge in [-0.1, -0.05) is 32.6 Å². The van der Waals surface area contributed by atoms with Crippen LogP contribution in [0.4, 0.5) is 0 Å². The monoisotopic (exact) mass is 339 g/mol. The number of hydrogen-bond acceptors (Lipinski definition) is 3. The lowest BCUT2D eigenvalue weighted by atomic mass is 10.0. The van der Waals surface area contributed by atoms with Crippen molar-refractivity contribution in [1.82, 2.24) is 4.57 Å². The quantitative estimate of drug-likeness (QED) is 0.375. The Labute approximate surface area is 140 Å². The Morgan fingerprint density at radius 2 is 1.78 bits per heavy atom. The summed E-state index contributed by atoms with van der Waals surface area (Å²) in [5, 5.41) is 0.868. The largest absolute Gasteiger partial charge is 0.359 e. The van der Waals surface area contributed by atoms with Gasteiger partial charge in [-0.2, -0.15) is 0 Å². The molecule has 1 aliphatic heterocycles. The summed E-state index contributed by atoms with van der Waals surface area (Å²) in [5.74, 6) is 0. The van der Waals surface area contributed by atoms with Crippen LogP contribution in [0, 0.1) is 0 Å². The van der Waals surface area contributed by atoms with Crippen LogP contribution in [0.15, 0.2) is 23.6 Å². The molecule has 0 atom stereocenters. The Kier molecular flexibility index (Phi) is 7.13. The van der Waals surface area contributed by atoms with Gasteiger partial charge in [0.2, 0.25) is 0 Å². The second-order valence-electron chi connectivity index (χ2n) is 5.94. The van der Waals surface area contributed by atoms with E-state index in [1.807, 2.05) is 20.0 Å². The Morgan fingerprint density at radius 3 is 2.43 bits per heavy atom. The molecule has 0 radical (unpaired) electrons. The second kappa shape index (κ2) is 8.86. The number of aromatic nitrogens is 1. The van der Waals surface area contributed by atoms with Crippen LogP contribution in [0.3, 0.4) is 0 Å². The van der Waals surface area contributed by atoms with Crippen LogP contribution in [0.1, 0.15) is 65.0 Å². The molecule has 0 aliphatic carbocycles. The molecule has 0 unspecified atom stereocenters. The van der Waals surface area contributed by atoms with Gasteiger partial charge in [0.05, 0.1) is 25.1 Å². The van der Waals surface area contributed by atoms with Crippen molar-refractivity contribution in [2.45, 2.75) is 65.8 Å². The van der Waals surface area contributed by atoms with Gasteiger partial charge in [-0.05, 0) is 44.4 Å². The van der Waals surface area contributed by atoms with Gasteiger partial charge in [-0.3, -0.25) is 4.57 Å². The Morgan fingerprint density at radius 1 is 1.09 bits per heavy atom. The molecule has 0 fully saturated rings. The highest BCUT2D eigenvalue weighted by Gasteiger charge is 2.36. The molecule has 0 aromatic carbocycles. The average Bonchev–Trinajstić information content (AvgIpc) is 3.09. The van der Waals surface area contributed by atoms with Gasteiger partial charge in [0, 0.05) is 11.9 Å². The van der Waals surface area contributed by atoms with Crippen molar-refractivity contribution in [1.29, 1.82) is 0 Å². The fourth-order valence-corrected chi connectivity index (χ4v) is 5.14. The standard InChI is InChI=1S/C18H30NO3P/c1-4-7-8-9-10-12-16-17-13-11-14-19(17)15-18(16)23(20,21-5-2)22-6-3/h11,13-14H,4-10,12,15H2,1-3H3. The van der Waals surface area contributed by atoms with Gasteiger partial charge in [0.15, 0.2) is 0 Å². The number of nitrogens with zero attached hydrogens (tertiary/aromatic N) is 1. The molecular formula is C18H30NO3P. The summed E-state index contributed by atoms with van der Waals surface area (Å²) < 4.78 is 26.5. The van der Waals surface area contributed by atoms with Gasteiger partial charge in [-0.15, -0.1) is 0 Å². The van der Waals surface area contributed by atoms with Crippen LogP contribution in [0.5, 0.6) is 0 Å². The molecule has 1 aromatic rings. The Hall–Kier alpha value is -0.830. The fraction of sp³-hybridized carbons (Fsp3) is 0.667. The third kappa shape index (κ3) is 4.37. The van der Waals surface area contributed by atoms with Gasteiger partial charge < -0.3 is 13.6 Å². The first-order valence-corrected chi connectivity index (χ1v) is 10.5. The summed E-state index contributed by atoms with van der Waals surface area (Å²) in [6.45, 7) is 7.39. The van der Waals surface area contributed by atoms with Crippen molar-refractivity contribution in [2.24, 2.45) is 0 Å². The zero-order chi connectivity index (χ0) is 16.7. The minimum atomic E-state index is -3.18. The van der Waals surface area contributed by atoms with E-state index in [1.165, 1.54) is 37.0 Å². The molecule has 0 spiro atoms. The lowest BCUT2D eigenvalue weighted by Gasteiger charge is -2.19. The van der Waals surface area contributed by atoms with Crippen molar-refractivity contribution in [2.75, 3.05) is 13.2 Å². The molecule has 0 amide bonds. The van der Waals surface area contributed by atoms with Gasteiger partial charge in [0.1, 0.15) is 0 Å². The fourth-order valence-electron chi connectivity index (χ4n) is 3.19. The zero-order valence-corrected chi connectivity index (χ0v) is 15.6. The minimum Gasteiger partial charge on any atom is -0.343 e. The van der Waals surface area contributed by atoms with Gasteiger partial charge in [-0.25, -0.2) is 0 Å². The van der Waals surface area contributed by atoms with Crippen molar-refractivity contribution in [3.63, 3.8) is 0 Å². The summed E-state index contributed by atoms with van der Waals surface area (Å²) in [5.41, 5.74) is 2.35. The number of rotatable bonds is 11. The number of hydrogen-bond donors (Lipinski definition) is 0. The average molecular weight is 339 g/mol. The maximum Gasteiger partial charge on any atom is 0.359 e. The van der Waals surface area contributed by atoms with Crippen LogP contribution in [-0.4, -0.2) is 17.8 Å². The van der Waals surface area contributed by atoms with E-state index in [0.717, 1.165) is 18.2 Å². The Balaban J connectivity index is 2.19. The highest BCUT2D eigenvalue weighted by molar-refractivity contribution is 7.58. The minimum absolute atomic E-state index is 0.402. The lowest BCUT2D eigenvalue weighted by Crippen LogP contribution is -2.02. The van der Waals surface area contributed by atoms with E-state index >= 15 is 0 Å². The van der Waals surface area contributed by atoms with Crippen molar-refractivity contribution in [3.8, 4) is 0 Å². The highest BCUT2D eigenvalue weighted by atomic mass is 31.2. The molecule has 2 rings (SSSR count). The van der Waals surface area contributed by atoms with E-state index in [4.69, 9.17) is 9.05 Å². The maximum absolute atomic E-state index is 13.2. The SMILES string of the molecule is CCCCCCCC1=C(P(=O)(OCC)OCC)Cn2cccc21. The van der Waals surface area contributed by atoms with Crippen LogP contribution < -0.4 is 0 Å². The molecule has 0 saturated heterocycles. The topological polar surface area (TPSA) is 40.5 Å². The maximum atomic E-state index is 13.2. The molecule has 23 heavy (non-hydrogen) atoms. The molecule has 0 bridgehead atoms. The molecule has 5 heteroatoms. The van der Waals surface area contributed by atoms with Crippen LogP contribution in [-0.2, 0) is 20.2 Å². The summed E-state index contributed by atoms with van der Waals surface area (Å²) in [6.07, 6.45) is 9.16. The zero-order valence-electron chi connectivity index (χ0n) is 14.7. The third-order valence-electron chi connectivity index (χ3n) is 4.27. The summed E-state index contributed by atoms with van der Waals surface area (Å²) in [7, 11) is -3.18. The van der Waals surface area contributed by atoms with Gasteiger partial charge in [0.25, 0.3) is 0 Å². The first-order valence-electron chi connectivity index (χ1n) is 8.93. The van der Waals surface area contributed by atoms with Crippen LogP contribution in [0.25, 0.3) is 5.57 Å². The summed E-state index contributed by atoms with van der Waals surface area (Å²) in [6, 6.07) is 4.16. The van der Waals surface area contributed by atoms with E-state index in [-0.39, 0.29) is 0 Å². The van der Waals surface area contributed by atoms with E-state index < -0.39 is 7.60 Å². The van der Waals surface area contributed by atoms with E-state index in [1.54, 1.807) is 0 Å². The van der Waals surface area contributed by atoms with Crippen LogP contribution >= 0.6 is 7.60 Å². The summed E-state index contributed by atoms with van der Waals surface area (Å²) in [4.78, 5) is 0. The van der Waals surface area contributed by atoms with E-state index in [2.05, 4.69) is 23.6 Å². The third-order valence-corrected chi connectivity index (χ3v) is 6.53. The number of fused-ring (bicyclic) bond motifs is 1. The molecule has 1 aromatic heterocycles. The second-order valence-corrected chi connectivity index (χ2v) is 7.99. The van der Waals surface area contributed by atoms with Gasteiger partial charge >= 0.3 is 7.60 Å². The molecule has 2 heterocycles. The van der Waals surface area contributed by atoms with Crippen LogP contribution in [0.2, 0.25) is 0 Å². The predicted molar refractivity (Wildman–Crippen MR) is 95.6 cm³/mol. The van der Waals surface area contributed by atoms with Crippen molar-refractivity contribution in [3.05, 3.63) is 29.3 Å². The smallest absolute Gasteiger partial charge is 0.343 e. The molecule has 1 aliphatic rings. The lowest BCUT2D eigenvalue weighted by molar-refractivity contribution is 0.225. The first kappa shape index (κ1) is 18.5. The Bertz CT molecular complexity index is 567. The number of allylic oxidation sites excluding steroid dienone is 2. The molecule has 4 nitrogen and oxygen atoms in total.